The van der Waals surface area contributed by atoms with Crippen LogP contribution in [0.25, 0.3) is 0 Å². The fraction of sp³-hybridized carbons (Fsp3) is 0.700. The van der Waals surface area contributed by atoms with Crippen LogP contribution in [-0.2, 0) is 9.47 Å². The van der Waals surface area contributed by atoms with E-state index in [1.807, 2.05) is 6.92 Å². The highest BCUT2D eigenvalue weighted by Gasteiger charge is 2.67. The van der Waals surface area contributed by atoms with Crippen molar-refractivity contribution in [3.05, 3.63) is 16.7 Å². The van der Waals surface area contributed by atoms with Crippen LogP contribution in [0.2, 0.25) is 0 Å². The minimum Gasteiger partial charge on any atom is -0.507 e. The lowest BCUT2D eigenvalue weighted by atomic mass is 9.73. The second-order valence-corrected chi connectivity index (χ2v) is 9.00. The number of phenols is 2. The third-order valence-corrected chi connectivity index (χ3v) is 8.09. The molecule has 0 spiro atoms. The van der Waals surface area contributed by atoms with Crippen molar-refractivity contribution in [3.8, 4) is 17.2 Å². The number of nitrogens with one attached hydrogen (secondary N) is 1. The maximum absolute atomic E-state index is 11.3. The Morgan fingerprint density at radius 3 is 2.82 bits per heavy atom. The molecule has 3 N–H and O–H groups in total. The fourth-order valence-corrected chi connectivity index (χ4v) is 7.19. The van der Waals surface area contributed by atoms with Crippen molar-refractivity contribution in [1.29, 1.82) is 0 Å². The number of rotatable bonds is 1. The van der Waals surface area contributed by atoms with Crippen molar-refractivity contribution < 1.29 is 24.4 Å². The monoisotopic (exact) mass is 387 g/mol. The van der Waals surface area contributed by atoms with Crippen molar-refractivity contribution in [2.24, 2.45) is 5.92 Å². The number of ether oxygens (including phenoxy) is 3. The highest BCUT2D eigenvalue weighted by atomic mass is 16.5. The number of phenolic OH excluding ortho intramolecular Hbond substituents is 2. The molecule has 7 rings (SSSR count). The van der Waals surface area contributed by atoms with Crippen molar-refractivity contribution in [2.45, 2.75) is 56.0 Å². The van der Waals surface area contributed by atoms with Gasteiger partial charge in [0.2, 0.25) is 0 Å². The summed E-state index contributed by atoms with van der Waals surface area (Å²) >= 11 is 0. The normalized spacial score (nSPS) is 45.2. The molecule has 8 atom stereocenters. The van der Waals surface area contributed by atoms with Crippen LogP contribution >= 0.6 is 0 Å². The van der Waals surface area contributed by atoms with E-state index in [9.17, 15) is 10.2 Å². The second-order valence-electron chi connectivity index (χ2n) is 9.00. The molecule has 5 fully saturated rings. The van der Waals surface area contributed by atoms with Crippen LogP contribution in [0.4, 0.5) is 0 Å². The van der Waals surface area contributed by atoms with Crippen LogP contribution in [0.3, 0.4) is 0 Å². The van der Waals surface area contributed by atoms with E-state index in [1.165, 1.54) is 7.11 Å². The Kier molecular flexibility index (Phi) is 2.97. The first-order valence-corrected chi connectivity index (χ1v) is 10.3. The molecule has 0 aliphatic carbocycles. The second kappa shape index (κ2) is 5.12. The highest BCUT2D eigenvalue weighted by molar-refractivity contribution is 5.65. The fourth-order valence-electron chi connectivity index (χ4n) is 7.19. The van der Waals surface area contributed by atoms with Crippen molar-refractivity contribution >= 4 is 0 Å². The van der Waals surface area contributed by atoms with Crippen LogP contribution in [0.15, 0.2) is 0 Å². The molecule has 6 heterocycles. The van der Waals surface area contributed by atoms with E-state index >= 15 is 0 Å². The summed E-state index contributed by atoms with van der Waals surface area (Å²) in [6.45, 7) is 3.88. The van der Waals surface area contributed by atoms with Crippen LogP contribution < -0.4 is 10.1 Å². The summed E-state index contributed by atoms with van der Waals surface area (Å²) in [7, 11) is 1.54. The van der Waals surface area contributed by atoms with Crippen LogP contribution in [0.5, 0.6) is 17.2 Å². The van der Waals surface area contributed by atoms with Gasteiger partial charge in [0.25, 0.3) is 0 Å². The van der Waals surface area contributed by atoms with Gasteiger partial charge in [-0.1, -0.05) is 0 Å². The third kappa shape index (κ3) is 1.60. The van der Waals surface area contributed by atoms with Gasteiger partial charge in [0.1, 0.15) is 18.2 Å². The van der Waals surface area contributed by atoms with Gasteiger partial charge >= 0.3 is 0 Å². The molecule has 0 aromatic heterocycles. The Hall–Kier alpha value is -1.58. The molecule has 0 radical (unpaired) electrons. The molecule has 8 heteroatoms. The summed E-state index contributed by atoms with van der Waals surface area (Å²) < 4.78 is 17.9. The van der Waals surface area contributed by atoms with Crippen molar-refractivity contribution in [2.75, 3.05) is 26.9 Å². The molecule has 0 amide bonds. The predicted molar refractivity (Wildman–Crippen MR) is 97.2 cm³/mol. The van der Waals surface area contributed by atoms with Gasteiger partial charge in [0.05, 0.1) is 32.4 Å². The quantitative estimate of drug-likeness (QED) is 0.603. The van der Waals surface area contributed by atoms with Crippen LogP contribution in [0.1, 0.15) is 35.2 Å². The Labute approximate surface area is 163 Å². The average molecular weight is 387 g/mol. The molecule has 1 aromatic rings. The Morgan fingerprint density at radius 1 is 1.14 bits per heavy atom. The molecule has 8 nitrogen and oxygen atoms in total. The smallest absolute Gasteiger partial charge is 0.167 e. The molecular formula is C20H25N3O5. The first-order chi connectivity index (χ1) is 13.6. The molecule has 150 valence electrons. The molecular weight excluding hydrogens is 362 g/mol. The van der Waals surface area contributed by atoms with Crippen molar-refractivity contribution in [1.82, 2.24) is 15.1 Å². The number of piperazine rings is 1. The number of hydrogen-bond acceptors (Lipinski definition) is 8. The van der Waals surface area contributed by atoms with Crippen LogP contribution in [-0.4, -0.2) is 77.5 Å². The summed E-state index contributed by atoms with van der Waals surface area (Å²) in [5.41, 5.74) is 2.20. The van der Waals surface area contributed by atoms with Gasteiger partial charge < -0.3 is 29.7 Å². The Morgan fingerprint density at radius 2 is 2.00 bits per heavy atom. The lowest BCUT2D eigenvalue weighted by molar-refractivity contribution is -0.132. The first kappa shape index (κ1) is 16.2. The zero-order valence-electron chi connectivity index (χ0n) is 16.0. The molecule has 28 heavy (non-hydrogen) atoms. The highest BCUT2D eigenvalue weighted by Crippen LogP contribution is 2.62. The van der Waals surface area contributed by atoms with Gasteiger partial charge in [-0.3, -0.25) is 9.80 Å². The lowest BCUT2D eigenvalue weighted by Gasteiger charge is -2.57. The van der Waals surface area contributed by atoms with E-state index in [-0.39, 0.29) is 48.1 Å². The number of hydrogen-bond donors (Lipinski definition) is 3. The van der Waals surface area contributed by atoms with E-state index in [1.54, 1.807) is 0 Å². The number of fused-ring (bicyclic) bond motifs is 8. The zero-order valence-corrected chi connectivity index (χ0v) is 16.0. The summed E-state index contributed by atoms with van der Waals surface area (Å²) in [5, 5.41) is 26.3. The Bertz CT molecular complexity index is 893. The third-order valence-electron chi connectivity index (χ3n) is 8.09. The first-order valence-electron chi connectivity index (χ1n) is 10.3. The van der Waals surface area contributed by atoms with Crippen LogP contribution in [0, 0.1) is 12.8 Å². The zero-order chi connectivity index (χ0) is 18.9. The van der Waals surface area contributed by atoms with Gasteiger partial charge in [-0.2, -0.15) is 0 Å². The number of methoxy groups -OCH3 is 1. The largest absolute Gasteiger partial charge is 0.507 e. The van der Waals surface area contributed by atoms with Gasteiger partial charge in [-0.25, -0.2) is 0 Å². The number of aromatic hydroxyl groups is 2. The Balaban J connectivity index is 1.54. The van der Waals surface area contributed by atoms with Gasteiger partial charge in [-0.15, -0.1) is 0 Å². The molecule has 5 saturated heterocycles. The molecule has 1 aromatic carbocycles. The minimum atomic E-state index is -0.0624. The molecule has 6 aliphatic heterocycles. The molecule has 2 bridgehead atoms. The average Bonchev–Trinajstić information content (AvgIpc) is 3.40. The van der Waals surface area contributed by atoms with E-state index in [0.717, 1.165) is 24.1 Å². The maximum atomic E-state index is 11.3. The van der Waals surface area contributed by atoms with E-state index in [0.29, 0.717) is 36.5 Å². The predicted octanol–water partition coefficient (Wildman–Crippen LogP) is 0.570. The number of nitrogens with zero attached hydrogens (tertiary/aromatic N) is 2. The SMILES string of the molecule is COc1c(C)c(O)c2c(c1O)[C@@H]1CO[C@@H]3C4C[C@H]5[C@@H](N4)[C@H]([C@@H]2N2CCO[C@H]52)N31. The van der Waals surface area contributed by atoms with Gasteiger partial charge in [-0.05, 0) is 13.3 Å². The summed E-state index contributed by atoms with van der Waals surface area (Å²) in [6, 6.07) is 0.696. The van der Waals surface area contributed by atoms with Gasteiger partial charge in [0, 0.05) is 47.3 Å². The van der Waals surface area contributed by atoms with Gasteiger partial charge in [0.15, 0.2) is 11.5 Å². The summed E-state index contributed by atoms with van der Waals surface area (Å²) in [5.74, 6) is 1.17. The lowest BCUT2D eigenvalue weighted by Crippen LogP contribution is -2.71. The number of piperidine rings is 1. The number of benzene rings is 1. The summed E-state index contributed by atoms with van der Waals surface area (Å²) in [4.78, 5) is 4.89. The topological polar surface area (TPSA) is 86.7 Å². The maximum Gasteiger partial charge on any atom is 0.167 e. The van der Waals surface area contributed by atoms with E-state index in [4.69, 9.17) is 14.2 Å². The molecule has 0 saturated carbocycles. The van der Waals surface area contributed by atoms with Crippen molar-refractivity contribution in [3.63, 3.8) is 0 Å². The minimum absolute atomic E-state index is 0.000711. The standard InChI is InChI=1S/C20H25N3O5/c1-7-16(24)12-11(17(25)18(7)26-2)10-6-28-20-9-5-8-13(21-9)15(23(10)20)14(12)22-3-4-27-19(8)22/h8-10,13-15,19-21,24-25H,3-6H2,1-2H3/t8-,9?,10-,13+,14+,15+,19+,20+/m0/s1. The van der Waals surface area contributed by atoms with E-state index < -0.39 is 0 Å². The van der Waals surface area contributed by atoms with E-state index in [2.05, 4.69) is 15.1 Å². The molecule has 6 aliphatic rings. The summed E-state index contributed by atoms with van der Waals surface area (Å²) in [6.07, 6.45) is 1.09. The molecule has 1 unspecified atom stereocenters.